The number of nitrogens with one attached hydrogen (secondary N) is 1. The number of hydrogen-bond donors (Lipinski definition) is 2. The number of likely N-dealkylation sites (N-methyl/N-ethyl adjacent to an activating group) is 1. The lowest BCUT2D eigenvalue weighted by Crippen LogP contribution is -2.54. The van der Waals surface area contributed by atoms with Crippen LogP contribution in [0.2, 0.25) is 0 Å². The number of carbonyl (C=O) groups is 1. The molecule has 1 heterocycles. The van der Waals surface area contributed by atoms with Gasteiger partial charge in [-0.05, 0) is 45.7 Å². The van der Waals surface area contributed by atoms with E-state index in [1.54, 1.807) is 0 Å². The molecule has 4 nitrogen and oxygen atoms in total. The number of amides is 1. The monoisotopic (exact) mass is 267 g/mol. The minimum atomic E-state index is -0.317. The van der Waals surface area contributed by atoms with E-state index in [2.05, 4.69) is 17.1 Å². The van der Waals surface area contributed by atoms with E-state index in [1.807, 2.05) is 6.92 Å². The van der Waals surface area contributed by atoms with Crippen molar-refractivity contribution in [2.24, 2.45) is 11.7 Å². The van der Waals surface area contributed by atoms with Crippen molar-refractivity contribution in [3.05, 3.63) is 0 Å². The molecule has 1 saturated carbocycles. The molecular weight excluding hydrogens is 238 g/mol. The Morgan fingerprint density at radius 3 is 2.84 bits per heavy atom. The zero-order chi connectivity index (χ0) is 13.9. The molecule has 0 aromatic carbocycles. The first kappa shape index (κ1) is 14.8. The van der Waals surface area contributed by atoms with E-state index in [0.717, 1.165) is 38.8 Å². The van der Waals surface area contributed by atoms with Crippen molar-refractivity contribution < 1.29 is 4.79 Å². The highest BCUT2D eigenvalue weighted by Gasteiger charge is 2.38. The summed E-state index contributed by atoms with van der Waals surface area (Å²) in [5, 5.41) is 3.15. The van der Waals surface area contributed by atoms with E-state index in [-0.39, 0.29) is 17.4 Å². The van der Waals surface area contributed by atoms with E-state index >= 15 is 0 Å². The Morgan fingerprint density at radius 1 is 1.37 bits per heavy atom. The summed E-state index contributed by atoms with van der Waals surface area (Å²) in [6, 6.07) is 0.529. The molecule has 3 atom stereocenters. The van der Waals surface area contributed by atoms with Crippen LogP contribution in [-0.2, 0) is 4.79 Å². The summed E-state index contributed by atoms with van der Waals surface area (Å²) in [6.45, 7) is 7.27. The maximum absolute atomic E-state index is 12.4. The van der Waals surface area contributed by atoms with Crippen LogP contribution in [0.4, 0.5) is 0 Å². The van der Waals surface area contributed by atoms with Crippen molar-refractivity contribution in [1.82, 2.24) is 10.2 Å². The Hall–Kier alpha value is -0.610. The van der Waals surface area contributed by atoms with Crippen LogP contribution in [-0.4, -0.2) is 42.0 Å². The van der Waals surface area contributed by atoms with Gasteiger partial charge in [0.15, 0.2) is 0 Å². The van der Waals surface area contributed by atoms with Gasteiger partial charge in [0.2, 0.25) is 5.91 Å². The zero-order valence-electron chi connectivity index (χ0n) is 12.5. The third-order valence-electron chi connectivity index (χ3n) is 4.99. The lowest BCUT2D eigenvalue weighted by atomic mass is 9.74. The Morgan fingerprint density at radius 2 is 2.16 bits per heavy atom. The van der Waals surface area contributed by atoms with Gasteiger partial charge in [0.05, 0.1) is 5.92 Å². The van der Waals surface area contributed by atoms with Crippen LogP contribution < -0.4 is 11.1 Å². The summed E-state index contributed by atoms with van der Waals surface area (Å²) in [6.07, 6.45) is 6.67. The molecule has 110 valence electrons. The van der Waals surface area contributed by atoms with Crippen LogP contribution in [0.15, 0.2) is 0 Å². The van der Waals surface area contributed by atoms with Crippen LogP contribution in [0.1, 0.15) is 52.4 Å². The molecule has 2 fully saturated rings. The molecular formula is C15H29N3O. The highest BCUT2D eigenvalue weighted by atomic mass is 16.1. The normalized spacial score (nSPS) is 36.4. The van der Waals surface area contributed by atoms with Gasteiger partial charge in [0, 0.05) is 18.1 Å². The number of nitrogens with zero attached hydrogens (tertiary/aromatic N) is 1. The number of likely N-dealkylation sites (tertiary alicyclic amines) is 1. The summed E-state index contributed by atoms with van der Waals surface area (Å²) in [5.41, 5.74) is 5.97. The minimum Gasteiger partial charge on any atom is -0.354 e. The molecule has 1 aliphatic heterocycles. The predicted octanol–water partition coefficient (Wildman–Crippen LogP) is 1.49. The van der Waals surface area contributed by atoms with Crippen molar-refractivity contribution in [3.63, 3.8) is 0 Å². The first-order chi connectivity index (χ1) is 9.04. The standard InChI is InChI=1S/C15H29N3O/c1-3-18-10-6-7-12(18)11-17-14(19)13-8-4-5-9-15(13,2)16/h12-13H,3-11,16H2,1-2H3,(H,17,19). The lowest BCUT2D eigenvalue weighted by Gasteiger charge is -2.37. The Labute approximate surface area is 117 Å². The topological polar surface area (TPSA) is 58.4 Å². The average molecular weight is 267 g/mol. The smallest absolute Gasteiger partial charge is 0.225 e. The molecule has 1 aliphatic carbocycles. The van der Waals surface area contributed by atoms with Gasteiger partial charge in [0.1, 0.15) is 0 Å². The summed E-state index contributed by atoms with van der Waals surface area (Å²) in [4.78, 5) is 14.8. The second-order valence-electron chi connectivity index (χ2n) is 6.47. The van der Waals surface area contributed by atoms with Gasteiger partial charge < -0.3 is 11.1 Å². The molecule has 0 aromatic heterocycles. The number of rotatable bonds is 4. The molecule has 2 rings (SSSR count). The van der Waals surface area contributed by atoms with Crippen molar-refractivity contribution in [2.45, 2.75) is 64.0 Å². The molecule has 1 saturated heterocycles. The van der Waals surface area contributed by atoms with Gasteiger partial charge in [-0.3, -0.25) is 9.69 Å². The molecule has 3 N–H and O–H groups in total. The third kappa shape index (κ3) is 3.48. The fraction of sp³-hybridized carbons (Fsp3) is 0.933. The quantitative estimate of drug-likeness (QED) is 0.811. The fourth-order valence-electron chi connectivity index (χ4n) is 3.67. The van der Waals surface area contributed by atoms with E-state index in [4.69, 9.17) is 5.73 Å². The second kappa shape index (κ2) is 6.23. The van der Waals surface area contributed by atoms with Crippen molar-refractivity contribution in [2.75, 3.05) is 19.6 Å². The van der Waals surface area contributed by atoms with Gasteiger partial charge in [-0.25, -0.2) is 0 Å². The van der Waals surface area contributed by atoms with Crippen molar-refractivity contribution in [3.8, 4) is 0 Å². The summed E-state index contributed by atoms with van der Waals surface area (Å²) >= 11 is 0. The number of carbonyl (C=O) groups excluding carboxylic acids is 1. The maximum Gasteiger partial charge on any atom is 0.225 e. The molecule has 0 bridgehead atoms. The largest absolute Gasteiger partial charge is 0.354 e. The first-order valence-electron chi connectivity index (χ1n) is 7.85. The van der Waals surface area contributed by atoms with E-state index in [1.165, 1.54) is 19.4 Å². The fourth-order valence-corrected chi connectivity index (χ4v) is 3.67. The summed E-state index contributed by atoms with van der Waals surface area (Å²) < 4.78 is 0. The molecule has 3 unspecified atom stereocenters. The van der Waals surface area contributed by atoms with Crippen LogP contribution in [0.5, 0.6) is 0 Å². The molecule has 2 aliphatic rings. The first-order valence-corrected chi connectivity index (χ1v) is 7.85. The maximum atomic E-state index is 12.4. The van der Waals surface area contributed by atoms with E-state index in [9.17, 15) is 4.79 Å². The van der Waals surface area contributed by atoms with Gasteiger partial charge in [-0.15, -0.1) is 0 Å². The summed E-state index contributed by atoms with van der Waals surface area (Å²) in [7, 11) is 0. The van der Waals surface area contributed by atoms with Gasteiger partial charge >= 0.3 is 0 Å². The molecule has 0 spiro atoms. The van der Waals surface area contributed by atoms with Gasteiger partial charge in [0.25, 0.3) is 0 Å². The Kier molecular flexibility index (Phi) is 4.85. The predicted molar refractivity (Wildman–Crippen MR) is 77.8 cm³/mol. The van der Waals surface area contributed by atoms with Crippen LogP contribution in [0.25, 0.3) is 0 Å². The molecule has 0 radical (unpaired) electrons. The minimum absolute atomic E-state index is 0.00210. The van der Waals surface area contributed by atoms with E-state index in [0.29, 0.717) is 6.04 Å². The van der Waals surface area contributed by atoms with Crippen LogP contribution >= 0.6 is 0 Å². The van der Waals surface area contributed by atoms with Gasteiger partial charge in [-0.2, -0.15) is 0 Å². The molecule has 19 heavy (non-hydrogen) atoms. The van der Waals surface area contributed by atoms with Gasteiger partial charge in [-0.1, -0.05) is 19.8 Å². The van der Waals surface area contributed by atoms with E-state index < -0.39 is 0 Å². The highest BCUT2D eigenvalue weighted by Crippen LogP contribution is 2.31. The van der Waals surface area contributed by atoms with Crippen molar-refractivity contribution >= 4 is 5.91 Å². The third-order valence-corrected chi connectivity index (χ3v) is 4.99. The lowest BCUT2D eigenvalue weighted by molar-refractivity contribution is -0.128. The molecule has 0 aromatic rings. The molecule has 4 heteroatoms. The SMILES string of the molecule is CCN1CCCC1CNC(=O)C1CCCCC1(C)N. The summed E-state index contributed by atoms with van der Waals surface area (Å²) in [5.74, 6) is 0.172. The zero-order valence-corrected chi connectivity index (χ0v) is 12.5. The Bertz CT molecular complexity index is 317. The average Bonchev–Trinajstić information content (AvgIpc) is 2.82. The number of hydrogen-bond acceptors (Lipinski definition) is 3. The van der Waals surface area contributed by atoms with Crippen LogP contribution in [0.3, 0.4) is 0 Å². The highest BCUT2D eigenvalue weighted by molar-refractivity contribution is 5.80. The second-order valence-corrected chi connectivity index (χ2v) is 6.47. The number of nitrogens with two attached hydrogens (primary N) is 1. The van der Waals surface area contributed by atoms with Crippen LogP contribution in [0, 0.1) is 5.92 Å². The van der Waals surface area contributed by atoms with Crippen molar-refractivity contribution in [1.29, 1.82) is 0 Å². The molecule has 1 amide bonds. The Balaban J connectivity index is 1.83.